The molecule has 3 nitrogen and oxygen atoms in total. The summed E-state index contributed by atoms with van der Waals surface area (Å²) in [5, 5.41) is 0. The standard InChI is InChI=1S/C27H37NO2/c1-19(2)22-8-6-9-24-23(22)12-13-25-26(3,14-7-15-27(24,25)4)18-28-16-20-10-11-21(30-20)17-29-5/h6,8-11,16,19,25H,7,12-15,17-18H2,1-5H3. The second kappa shape index (κ2) is 8.34. The first-order valence-electron chi connectivity index (χ1n) is 11.6. The van der Waals surface area contributed by atoms with E-state index in [9.17, 15) is 0 Å². The Bertz CT molecular complexity index is 911. The number of hydrogen-bond acceptors (Lipinski definition) is 3. The van der Waals surface area contributed by atoms with Crippen LogP contribution in [0.15, 0.2) is 39.7 Å². The lowest BCUT2D eigenvalue weighted by molar-refractivity contribution is 0.0330. The van der Waals surface area contributed by atoms with Gasteiger partial charge >= 0.3 is 0 Å². The van der Waals surface area contributed by atoms with Gasteiger partial charge in [0.15, 0.2) is 0 Å². The Morgan fingerprint density at radius 3 is 2.80 bits per heavy atom. The quantitative estimate of drug-likeness (QED) is 0.501. The molecular weight excluding hydrogens is 370 g/mol. The number of nitrogens with zero attached hydrogens (tertiary/aromatic N) is 1. The van der Waals surface area contributed by atoms with Crippen LogP contribution in [0.1, 0.15) is 87.5 Å². The predicted octanol–water partition coefficient (Wildman–Crippen LogP) is 6.68. The van der Waals surface area contributed by atoms with Gasteiger partial charge in [0, 0.05) is 13.7 Å². The molecule has 0 N–H and O–H groups in total. The van der Waals surface area contributed by atoms with Gasteiger partial charge in [0.25, 0.3) is 0 Å². The van der Waals surface area contributed by atoms with E-state index in [1.54, 1.807) is 23.8 Å². The van der Waals surface area contributed by atoms with Gasteiger partial charge in [-0.1, -0.05) is 52.3 Å². The molecule has 0 saturated heterocycles. The van der Waals surface area contributed by atoms with Crippen molar-refractivity contribution in [2.75, 3.05) is 13.7 Å². The molecule has 3 unspecified atom stereocenters. The van der Waals surface area contributed by atoms with E-state index >= 15 is 0 Å². The van der Waals surface area contributed by atoms with Crippen molar-refractivity contribution in [1.29, 1.82) is 0 Å². The Balaban J connectivity index is 1.57. The van der Waals surface area contributed by atoms with Crippen LogP contribution >= 0.6 is 0 Å². The third-order valence-corrected chi connectivity index (χ3v) is 7.83. The largest absolute Gasteiger partial charge is 0.458 e. The topological polar surface area (TPSA) is 34.7 Å². The molecular formula is C27H37NO2. The summed E-state index contributed by atoms with van der Waals surface area (Å²) in [5.41, 5.74) is 5.31. The van der Waals surface area contributed by atoms with Gasteiger partial charge in [-0.05, 0) is 77.2 Å². The Hall–Kier alpha value is -1.87. The molecule has 0 bridgehead atoms. The maximum atomic E-state index is 5.78. The molecule has 0 spiro atoms. The van der Waals surface area contributed by atoms with Crippen molar-refractivity contribution < 1.29 is 9.15 Å². The molecule has 0 amide bonds. The Kier molecular flexibility index (Phi) is 5.94. The first kappa shape index (κ1) is 21.4. The van der Waals surface area contributed by atoms with Crippen molar-refractivity contribution in [3.63, 3.8) is 0 Å². The van der Waals surface area contributed by atoms with Crippen LogP contribution in [0.3, 0.4) is 0 Å². The number of fused-ring (bicyclic) bond motifs is 3. The molecule has 2 aliphatic rings. The molecule has 162 valence electrons. The Labute approximate surface area is 181 Å². The van der Waals surface area contributed by atoms with Crippen LogP contribution in [0.2, 0.25) is 0 Å². The van der Waals surface area contributed by atoms with Crippen LogP contribution in [0.5, 0.6) is 0 Å². The van der Waals surface area contributed by atoms with E-state index in [-0.39, 0.29) is 10.8 Å². The van der Waals surface area contributed by atoms with E-state index in [0.717, 1.165) is 18.1 Å². The lowest BCUT2D eigenvalue weighted by Crippen LogP contribution is -2.50. The van der Waals surface area contributed by atoms with Crippen molar-refractivity contribution in [2.45, 2.75) is 77.7 Å². The minimum Gasteiger partial charge on any atom is -0.458 e. The minimum absolute atomic E-state index is 0.233. The van der Waals surface area contributed by atoms with Crippen molar-refractivity contribution in [2.24, 2.45) is 16.3 Å². The highest BCUT2D eigenvalue weighted by molar-refractivity contribution is 5.75. The van der Waals surface area contributed by atoms with E-state index in [4.69, 9.17) is 14.1 Å². The number of furan rings is 1. The van der Waals surface area contributed by atoms with Gasteiger partial charge in [-0.3, -0.25) is 4.99 Å². The number of aliphatic imine (C=N–C) groups is 1. The molecule has 1 fully saturated rings. The van der Waals surface area contributed by atoms with Gasteiger partial charge in [-0.2, -0.15) is 0 Å². The summed E-state index contributed by atoms with van der Waals surface area (Å²) in [6, 6.07) is 11.0. The second-order valence-electron chi connectivity index (χ2n) is 10.3. The molecule has 3 heteroatoms. The zero-order valence-corrected chi connectivity index (χ0v) is 19.3. The molecule has 1 saturated carbocycles. The molecule has 3 atom stereocenters. The van der Waals surface area contributed by atoms with E-state index in [0.29, 0.717) is 18.4 Å². The molecule has 0 radical (unpaired) electrons. The maximum absolute atomic E-state index is 5.78. The number of benzene rings is 1. The molecule has 30 heavy (non-hydrogen) atoms. The van der Waals surface area contributed by atoms with E-state index in [1.165, 1.54) is 32.1 Å². The van der Waals surface area contributed by atoms with Crippen molar-refractivity contribution in [3.05, 3.63) is 58.5 Å². The van der Waals surface area contributed by atoms with Crippen molar-refractivity contribution in [3.8, 4) is 0 Å². The maximum Gasteiger partial charge on any atom is 0.144 e. The number of methoxy groups -OCH3 is 1. The lowest BCUT2D eigenvalue weighted by atomic mass is 9.49. The van der Waals surface area contributed by atoms with E-state index in [2.05, 4.69) is 45.9 Å². The smallest absolute Gasteiger partial charge is 0.144 e. The highest BCUT2D eigenvalue weighted by Crippen LogP contribution is 2.57. The van der Waals surface area contributed by atoms with Gasteiger partial charge in [0.2, 0.25) is 0 Å². The highest BCUT2D eigenvalue weighted by Gasteiger charge is 2.51. The summed E-state index contributed by atoms with van der Waals surface area (Å²) in [7, 11) is 1.68. The fourth-order valence-corrected chi connectivity index (χ4v) is 6.43. The minimum atomic E-state index is 0.233. The fraction of sp³-hybridized carbons (Fsp3) is 0.593. The molecule has 1 aromatic carbocycles. The Morgan fingerprint density at radius 2 is 2.03 bits per heavy atom. The third kappa shape index (κ3) is 3.77. The first-order valence-corrected chi connectivity index (χ1v) is 11.6. The zero-order chi connectivity index (χ0) is 21.4. The van der Waals surface area contributed by atoms with Crippen LogP contribution in [0.4, 0.5) is 0 Å². The van der Waals surface area contributed by atoms with E-state index in [1.807, 2.05) is 18.3 Å². The van der Waals surface area contributed by atoms with Crippen LogP contribution in [-0.4, -0.2) is 19.9 Å². The third-order valence-electron chi connectivity index (χ3n) is 7.83. The monoisotopic (exact) mass is 407 g/mol. The predicted molar refractivity (Wildman–Crippen MR) is 124 cm³/mol. The van der Waals surface area contributed by atoms with Crippen LogP contribution < -0.4 is 0 Å². The highest BCUT2D eigenvalue weighted by atomic mass is 16.5. The summed E-state index contributed by atoms with van der Waals surface area (Å²) in [5.74, 6) is 2.93. The second-order valence-corrected chi connectivity index (χ2v) is 10.3. The summed E-state index contributed by atoms with van der Waals surface area (Å²) < 4.78 is 10.9. The molecule has 4 rings (SSSR count). The summed E-state index contributed by atoms with van der Waals surface area (Å²) in [6.45, 7) is 11.0. The van der Waals surface area contributed by atoms with Crippen molar-refractivity contribution in [1.82, 2.24) is 0 Å². The van der Waals surface area contributed by atoms with Gasteiger partial charge in [-0.15, -0.1) is 0 Å². The van der Waals surface area contributed by atoms with Crippen molar-refractivity contribution >= 4 is 6.21 Å². The molecule has 2 aromatic rings. The summed E-state index contributed by atoms with van der Waals surface area (Å²) in [6.07, 6.45) is 8.23. The average molecular weight is 408 g/mol. The Morgan fingerprint density at radius 1 is 1.20 bits per heavy atom. The number of ether oxygens (including phenoxy) is 1. The number of hydrogen-bond donors (Lipinski definition) is 0. The number of rotatable bonds is 6. The van der Waals surface area contributed by atoms with Crippen LogP contribution in [0, 0.1) is 11.3 Å². The normalized spacial score (nSPS) is 28.7. The zero-order valence-electron chi connectivity index (χ0n) is 19.3. The lowest BCUT2D eigenvalue weighted by Gasteiger charge is -2.55. The molecule has 2 aliphatic carbocycles. The molecule has 1 aromatic heterocycles. The SMILES string of the molecule is COCc1ccc(C=NCC2(C)CCCC3(C)c4cccc(C(C)C)c4CCC23)o1. The van der Waals surface area contributed by atoms with E-state index < -0.39 is 0 Å². The first-order chi connectivity index (χ1) is 14.4. The summed E-state index contributed by atoms with van der Waals surface area (Å²) in [4.78, 5) is 4.87. The molecule has 1 heterocycles. The van der Waals surface area contributed by atoms with Crippen LogP contribution in [-0.2, 0) is 23.2 Å². The fourth-order valence-electron chi connectivity index (χ4n) is 6.43. The van der Waals surface area contributed by atoms with Crippen LogP contribution in [0.25, 0.3) is 0 Å². The van der Waals surface area contributed by atoms with Gasteiger partial charge in [0.05, 0.1) is 6.21 Å². The van der Waals surface area contributed by atoms with Gasteiger partial charge < -0.3 is 9.15 Å². The summed E-state index contributed by atoms with van der Waals surface area (Å²) >= 11 is 0. The van der Waals surface area contributed by atoms with Gasteiger partial charge in [0.1, 0.15) is 18.1 Å². The molecule has 0 aliphatic heterocycles. The van der Waals surface area contributed by atoms with Gasteiger partial charge in [-0.25, -0.2) is 0 Å². The average Bonchev–Trinajstić information content (AvgIpc) is 3.15.